The molecule has 0 saturated carbocycles. The summed E-state index contributed by atoms with van der Waals surface area (Å²) in [6.45, 7) is 0. The van der Waals surface area contributed by atoms with Crippen LogP contribution in [0.5, 0.6) is 0 Å². The standard InChI is InChI=1S/C24H26F2N2O6/c1-33-23(31)17(13-15-9-5-3-6-10-15)27-21(29)19(25)20(26)22(30)28-18(24(32)34-2)14-16-11-7-4-8-12-16/h3-12,17-20H,13-14H2,1-2H3,(H,27,29)(H,28,30)/t17-,18-,19-,20-/m0/s1. The highest BCUT2D eigenvalue weighted by atomic mass is 19.2. The fourth-order valence-electron chi connectivity index (χ4n) is 3.14. The van der Waals surface area contributed by atoms with Gasteiger partial charge in [0, 0.05) is 12.8 Å². The first-order valence-corrected chi connectivity index (χ1v) is 10.4. The lowest BCUT2D eigenvalue weighted by atomic mass is 10.0. The van der Waals surface area contributed by atoms with Crippen molar-refractivity contribution in [3.8, 4) is 0 Å². The normalized spacial score (nSPS) is 14.1. The van der Waals surface area contributed by atoms with Crippen LogP contribution in [0.1, 0.15) is 11.1 Å². The van der Waals surface area contributed by atoms with E-state index < -0.39 is 48.2 Å². The van der Waals surface area contributed by atoms with E-state index in [1.807, 2.05) is 0 Å². The lowest BCUT2D eigenvalue weighted by molar-refractivity contribution is -0.148. The third-order valence-electron chi connectivity index (χ3n) is 4.93. The Kier molecular flexibility index (Phi) is 10.1. The Balaban J connectivity index is 2.04. The molecule has 0 heterocycles. The van der Waals surface area contributed by atoms with Crippen LogP contribution in [0, 0.1) is 0 Å². The Morgan fingerprint density at radius 1 is 0.676 bits per heavy atom. The Hall–Kier alpha value is -3.82. The number of carbonyl (C=O) groups excluding carboxylic acids is 4. The predicted octanol–water partition coefficient (Wildman–Crippen LogP) is 1.46. The van der Waals surface area contributed by atoms with Gasteiger partial charge in [0.1, 0.15) is 12.1 Å². The summed E-state index contributed by atoms with van der Waals surface area (Å²) in [6.07, 6.45) is -5.93. The van der Waals surface area contributed by atoms with E-state index in [2.05, 4.69) is 20.1 Å². The van der Waals surface area contributed by atoms with Gasteiger partial charge in [-0.05, 0) is 11.1 Å². The zero-order valence-electron chi connectivity index (χ0n) is 18.7. The number of hydrogen-bond donors (Lipinski definition) is 2. The van der Waals surface area contributed by atoms with Gasteiger partial charge in [0.25, 0.3) is 11.8 Å². The minimum Gasteiger partial charge on any atom is -0.467 e. The number of methoxy groups -OCH3 is 2. The second-order valence-electron chi connectivity index (χ2n) is 7.35. The molecule has 2 aromatic rings. The molecule has 2 rings (SSSR count). The number of amides is 2. The molecule has 2 N–H and O–H groups in total. The van der Waals surface area contributed by atoms with Crippen LogP contribution in [-0.4, -0.2) is 62.4 Å². The predicted molar refractivity (Wildman–Crippen MR) is 118 cm³/mol. The number of hydrogen-bond acceptors (Lipinski definition) is 6. The van der Waals surface area contributed by atoms with Crippen LogP contribution in [0.25, 0.3) is 0 Å². The summed E-state index contributed by atoms with van der Waals surface area (Å²) in [5.41, 5.74) is 1.29. The highest BCUT2D eigenvalue weighted by Crippen LogP contribution is 2.11. The molecule has 182 valence electrons. The minimum absolute atomic E-state index is 0.0311. The number of carbonyl (C=O) groups is 4. The minimum atomic E-state index is -2.93. The second-order valence-corrected chi connectivity index (χ2v) is 7.35. The summed E-state index contributed by atoms with van der Waals surface area (Å²) in [6, 6.07) is 14.5. The van der Waals surface area contributed by atoms with Crippen LogP contribution in [0.3, 0.4) is 0 Å². The van der Waals surface area contributed by atoms with E-state index >= 15 is 0 Å². The van der Waals surface area contributed by atoms with Crippen LogP contribution < -0.4 is 10.6 Å². The van der Waals surface area contributed by atoms with Crippen LogP contribution in [0.15, 0.2) is 60.7 Å². The maximum absolute atomic E-state index is 14.6. The number of alkyl halides is 2. The van der Waals surface area contributed by atoms with Crippen molar-refractivity contribution >= 4 is 23.8 Å². The molecule has 0 saturated heterocycles. The van der Waals surface area contributed by atoms with E-state index in [0.29, 0.717) is 11.1 Å². The summed E-state index contributed by atoms with van der Waals surface area (Å²) in [5.74, 6) is -4.74. The van der Waals surface area contributed by atoms with Gasteiger partial charge in [-0.15, -0.1) is 0 Å². The van der Waals surface area contributed by atoms with Crippen LogP contribution >= 0.6 is 0 Å². The lowest BCUT2D eigenvalue weighted by Gasteiger charge is -2.21. The van der Waals surface area contributed by atoms with Gasteiger partial charge in [-0.1, -0.05) is 60.7 Å². The molecule has 4 atom stereocenters. The average Bonchev–Trinajstić information content (AvgIpc) is 2.87. The van der Waals surface area contributed by atoms with Gasteiger partial charge in [-0.3, -0.25) is 9.59 Å². The smallest absolute Gasteiger partial charge is 0.328 e. The van der Waals surface area contributed by atoms with Gasteiger partial charge < -0.3 is 20.1 Å². The van der Waals surface area contributed by atoms with Crippen molar-refractivity contribution < 1.29 is 37.4 Å². The summed E-state index contributed by atoms with van der Waals surface area (Å²) in [4.78, 5) is 48.6. The first-order chi connectivity index (χ1) is 16.3. The molecule has 0 aliphatic heterocycles. The maximum atomic E-state index is 14.6. The Morgan fingerprint density at radius 3 is 1.29 bits per heavy atom. The quantitative estimate of drug-likeness (QED) is 0.475. The Labute approximate surface area is 195 Å². The van der Waals surface area contributed by atoms with Gasteiger partial charge in [0.2, 0.25) is 12.3 Å². The largest absolute Gasteiger partial charge is 0.467 e. The third-order valence-corrected chi connectivity index (χ3v) is 4.93. The van der Waals surface area contributed by atoms with E-state index in [4.69, 9.17) is 0 Å². The summed E-state index contributed by atoms with van der Waals surface area (Å²) in [5, 5.41) is 4.16. The molecule has 0 aliphatic carbocycles. The van der Waals surface area contributed by atoms with Crippen molar-refractivity contribution in [1.82, 2.24) is 10.6 Å². The number of rotatable bonds is 11. The van der Waals surface area contributed by atoms with Gasteiger partial charge in [-0.25, -0.2) is 18.4 Å². The van der Waals surface area contributed by atoms with Crippen molar-refractivity contribution in [1.29, 1.82) is 0 Å². The second kappa shape index (κ2) is 13.0. The monoisotopic (exact) mass is 476 g/mol. The fraction of sp³-hybridized carbons (Fsp3) is 0.333. The molecule has 34 heavy (non-hydrogen) atoms. The van der Waals surface area contributed by atoms with Crippen molar-refractivity contribution in [3.63, 3.8) is 0 Å². The molecule has 0 fully saturated rings. The molecule has 2 aromatic carbocycles. The zero-order chi connectivity index (χ0) is 25.1. The lowest BCUT2D eigenvalue weighted by Crippen LogP contribution is -2.53. The Morgan fingerprint density at radius 2 is 1.00 bits per heavy atom. The summed E-state index contributed by atoms with van der Waals surface area (Å²) >= 11 is 0. The maximum Gasteiger partial charge on any atom is 0.328 e. The first-order valence-electron chi connectivity index (χ1n) is 10.4. The highest BCUT2D eigenvalue weighted by Gasteiger charge is 2.38. The van der Waals surface area contributed by atoms with Crippen LogP contribution in [0.2, 0.25) is 0 Å². The molecule has 10 heteroatoms. The van der Waals surface area contributed by atoms with E-state index in [-0.39, 0.29) is 12.8 Å². The fourth-order valence-corrected chi connectivity index (χ4v) is 3.14. The highest BCUT2D eigenvalue weighted by molar-refractivity contribution is 5.94. The van der Waals surface area contributed by atoms with E-state index in [1.54, 1.807) is 60.7 Å². The molecule has 0 radical (unpaired) electrons. The van der Waals surface area contributed by atoms with Gasteiger partial charge in [0.15, 0.2) is 0 Å². The van der Waals surface area contributed by atoms with E-state index in [0.717, 1.165) is 14.2 Å². The number of esters is 2. The van der Waals surface area contributed by atoms with Crippen molar-refractivity contribution in [2.75, 3.05) is 14.2 Å². The zero-order valence-corrected chi connectivity index (χ0v) is 18.7. The molecular formula is C24H26F2N2O6. The van der Waals surface area contributed by atoms with Crippen LogP contribution in [-0.2, 0) is 41.5 Å². The molecule has 0 aromatic heterocycles. The summed E-state index contributed by atoms with van der Waals surface area (Å²) < 4.78 is 38.3. The van der Waals surface area contributed by atoms with Crippen molar-refractivity contribution in [3.05, 3.63) is 71.8 Å². The SMILES string of the molecule is COC(=O)[C@H](Cc1ccccc1)NC(=O)[C@@H](F)[C@H](F)C(=O)N[C@@H](Cc1ccccc1)C(=O)OC. The molecule has 0 spiro atoms. The Bertz CT molecular complexity index is 894. The van der Waals surface area contributed by atoms with Gasteiger partial charge in [-0.2, -0.15) is 0 Å². The molecule has 0 aliphatic rings. The van der Waals surface area contributed by atoms with Crippen molar-refractivity contribution in [2.45, 2.75) is 37.3 Å². The average molecular weight is 476 g/mol. The van der Waals surface area contributed by atoms with Gasteiger partial charge >= 0.3 is 11.9 Å². The van der Waals surface area contributed by atoms with Crippen molar-refractivity contribution in [2.24, 2.45) is 0 Å². The van der Waals surface area contributed by atoms with E-state index in [1.165, 1.54) is 0 Å². The molecule has 2 amide bonds. The molecule has 0 bridgehead atoms. The molecular weight excluding hydrogens is 450 g/mol. The van der Waals surface area contributed by atoms with E-state index in [9.17, 15) is 28.0 Å². The molecule has 8 nitrogen and oxygen atoms in total. The van der Waals surface area contributed by atoms with Gasteiger partial charge in [0.05, 0.1) is 14.2 Å². The number of benzene rings is 2. The first kappa shape index (κ1) is 26.4. The topological polar surface area (TPSA) is 111 Å². The molecule has 0 unspecified atom stereocenters. The number of ether oxygens (including phenoxy) is 2. The summed E-state index contributed by atoms with van der Waals surface area (Å²) in [7, 11) is 2.18. The number of halogens is 2. The third kappa shape index (κ3) is 7.65. The number of nitrogens with one attached hydrogen (secondary N) is 2. The van der Waals surface area contributed by atoms with Crippen LogP contribution in [0.4, 0.5) is 8.78 Å².